The number of hydrogen-bond acceptors (Lipinski definition) is 11. The van der Waals surface area contributed by atoms with Crippen LogP contribution in [0, 0.1) is 11.7 Å². The number of anilines is 1. The minimum atomic E-state index is -0.615. The summed E-state index contributed by atoms with van der Waals surface area (Å²) in [4.78, 5) is 93.3. The largest absolute Gasteiger partial charge is 0.338 e. The number of piperidine rings is 1. The van der Waals surface area contributed by atoms with Crippen LogP contribution in [0.2, 0.25) is 0 Å². The van der Waals surface area contributed by atoms with Crippen LogP contribution in [0.1, 0.15) is 63.0 Å². The van der Waals surface area contributed by atoms with E-state index in [4.69, 9.17) is 0 Å². The third-order valence-corrected chi connectivity index (χ3v) is 14.4. The summed E-state index contributed by atoms with van der Waals surface area (Å²) in [6, 6.07) is 24.9. The maximum absolute atomic E-state index is 15.1. The zero-order valence-electron chi connectivity index (χ0n) is 41.4. The molecule has 3 aromatic heterocycles. The SMILES string of the molecule is CCc1cccc(-c2cnc(C(=O)N3CCN(CC4CCN(CC(=O)N5CCN(C(=O)c6cc(Cc7n[nH]c(=O)c8ccccc78)ccc6F)CC5)CC4)CC3)c(NC(=O)CNCc3ccn(C)c(=O)c3)c2)c1. The van der Waals surface area contributed by atoms with E-state index in [2.05, 4.69) is 54.7 Å². The first-order chi connectivity index (χ1) is 35.4. The Morgan fingerprint density at radius 2 is 1.45 bits per heavy atom. The fourth-order valence-corrected chi connectivity index (χ4v) is 10.0. The number of benzene rings is 3. The molecule has 3 aromatic carbocycles. The van der Waals surface area contributed by atoms with Crippen molar-refractivity contribution in [3.63, 3.8) is 0 Å². The second kappa shape index (κ2) is 23.0. The second-order valence-electron chi connectivity index (χ2n) is 19.3. The van der Waals surface area contributed by atoms with Crippen LogP contribution in [0.4, 0.5) is 10.1 Å². The van der Waals surface area contributed by atoms with Crippen molar-refractivity contribution in [2.45, 2.75) is 39.2 Å². The molecule has 17 nitrogen and oxygen atoms in total. The van der Waals surface area contributed by atoms with Crippen molar-refractivity contribution in [1.82, 2.24) is 49.6 Å². The molecule has 9 rings (SSSR count). The molecule has 3 N–H and O–H groups in total. The molecule has 6 aromatic rings. The smallest absolute Gasteiger partial charge is 0.274 e. The third kappa shape index (κ3) is 12.3. The predicted molar refractivity (Wildman–Crippen MR) is 277 cm³/mol. The zero-order chi connectivity index (χ0) is 51.0. The molecule has 0 unspecified atom stereocenters. The number of fused-ring (bicyclic) bond motifs is 1. The van der Waals surface area contributed by atoms with E-state index in [1.54, 1.807) is 58.4 Å². The number of amides is 4. The molecular formula is C55H62FN11O6. The number of pyridine rings is 2. The Morgan fingerprint density at radius 3 is 2.21 bits per heavy atom. The van der Waals surface area contributed by atoms with E-state index in [0.717, 1.165) is 61.2 Å². The molecule has 0 aliphatic carbocycles. The van der Waals surface area contributed by atoms with Gasteiger partial charge in [-0.05, 0) is 90.9 Å². The topological polar surface area (TPSA) is 189 Å². The van der Waals surface area contributed by atoms with Crippen molar-refractivity contribution in [3.8, 4) is 11.1 Å². The van der Waals surface area contributed by atoms with Crippen LogP contribution in [-0.4, -0.2) is 153 Å². The number of hydrogen-bond donors (Lipinski definition) is 3. The fourth-order valence-electron chi connectivity index (χ4n) is 10.0. The Bertz CT molecular complexity index is 3120. The molecule has 3 aliphatic heterocycles. The number of piperazine rings is 2. The molecule has 0 bridgehead atoms. The molecule has 0 saturated carbocycles. The summed E-state index contributed by atoms with van der Waals surface area (Å²) >= 11 is 0. The monoisotopic (exact) mass is 991 g/mol. The number of aromatic amines is 1. The highest BCUT2D eigenvalue weighted by Crippen LogP contribution is 2.28. The maximum Gasteiger partial charge on any atom is 0.274 e. The van der Waals surface area contributed by atoms with E-state index in [-0.39, 0.29) is 46.6 Å². The number of H-pyrrole nitrogens is 1. The number of nitrogens with zero attached hydrogens (tertiary/aromatic N) is 8. The van der Waals surface area contributed by atoms with Gasteiger partial charge in [-0.15, -0.1) is 0 Å². The van der Waals surface area contributed by atoms with E-state index >= 15 is 4.39 Å². The van der Waals surface area contributed by atoms with Crippen LogP contribution in [0.25, 0.3) is 21.9 Å². The third-order valence-electron chi connectivity index (χ3n) is 14.4. The second-order valence-corrected chi connectivity index (χ2v) is 19.3. The molecule has 6 heterocycles. The molecule has 380 valence electrons. The molecule has 18 heteroatoms. The van der Waals surface area contributed by atoms with Crippen LogP contribution in [0.3, 0.4) is 0 Å². The lowest BCUT2D eigenvalue weighted by atomic mass is 9.96. The first-order valence-corrected chi connectivity index (χ1v) is 25.2. The summed E-state index contributed by atoms with van der Waals surface area (Å²) in [5, 5.41) is 14.0. The number of likely N-dealkylation sites (tertiary alicyclic amines) is 1. The Hall–Kier alpha value is -7.41. The van der Waals surface area contributed by atoms with Crippen LogP contribution in [0.5, 0.6) is 0 Å². The lowest BCUT2D eigenvalue weighted by Crippen LogP contribution is -2.53. The average molecular weight is 992 g/mol. The van der Waals surface area contributed by atoms with E-state index in [1.807, 2.05) is 36.4 Å². The molecule has 4 amide bonds. The van der Waals surface area contributed by atoms with Gasteiger partial charge in [0.2, 0.25) is 11.8 Å². The lowest BCUT2D eigenvalue weighted by molar-refractivity contribution is -0.134. The molecule has 3 fully saturated rings. The Balaban J connectivity index is 0.724. The minimum absolute atomic E-state index is 0.0200. The molecule has 3 saturated heterocycles. The Morgan fingerprint density at radius 1 is 0.726 bits per heavy atom. The molecule has 0 atom stereocenters. The minimum Gasteiger partial charge on any atom is -0.338 e. The van der Waals surface area contributed by atoms with Gasteiger partial charge in [0.1, 0.15) is 5.82 Å². The zero-order valence-corrected chi connectivity index (χ0v) is 41.4. The highest BCUT2D eigenvalue weighted by atomic mass is 19.1. The van der Waals surface area contributed by atoms with Gasteiger partial charge in [-0.1, -0.05) is 55.5 Å². The fraction of sp³-hybridized carbons (Fsp3) is 0.382. The standard InChI is InChI=1S/C55H62FN11O6/c1-3-37-7-6-8-41(27-37)42-31-48(59-49(68)34-57-32-40-13-16-62(2)50(69)30-40)52(58-33-42)55(73)67-21-19-64(20-22-67)35-38-14-17-63(18-15-38)36-51(70)65-23-25-66(26-24-65)54(72)45-28-39(11-12-46(45)56)29-47-43-9-4-5-10-44(43)53(71)61-60-47/h4-13,16,27-28,30-31,33,38,57H,3,14-15,17-26,29,32,34-36H2,1-2H3,(H,59,68)(H,61,71). The molecular weight excluding hydrogens is 930 g/mol. The molecule has 3 aliphatic rings. The van der Waals surface area contributed by atoms with Gasteiger partial charge in [-0.2, -0.15) is 5.10 Å². The number of carbonyl (C=O) groups is 4. The van der Waals surface area contributed by atoms with Crippen LogP contribution in [0.15, 0.2) is 107 Å². The first kappa shape index (κ1) is 50.5. The van der Waals surface area contributed by atoms with Gasteiger partial charge >= 0.3 is 0 Å². The normalized spacial score (nSPS) is 16.0. The summed E-state index contributed by atoms with van der Waals surface area (Å²) in [5.74, 6) is -1.14. The van der Waals surface area contributed by atoms with Crippen molar-refractivity contribution in [3.05, 3.63) is 157 Å². The predicted octanol–water partition coefficient (Wildman–Crippen LogP) is 4.16. The van der Waals surface area contributed by atoms with Crippen LogP contribution in [-0.2, 0) is 36.0 Å². The van der Waals surface area contributed by atoms with E-state index in [1.165, 1.54) is 16.7 Å². The maximum atomic E-state index is 15.1. The number of aryl methyl sites for hydroxylation is 2. The number of carbonyl (C=O) groups excluding carboxylic acids is 4. The van der Waals surface area contributed by atoms with Crippen molar-refractivity contribution in [2.24, 2.45) is 13.0 Å². The van der Waals surface area contributed by atoms with Crippen LogP contribution < -0.4 is 21.8 Å². The number of rotatable bonds is 15. The van der Waals surface area contributed by atoms with Gasteiger partial charge in [0.15, 0.2) is 5.69 Å². The number of halogens is 1. The van der Waals surface area contributed by atoms with Gasteiger partial charge < -0.3 is 29.9 Å². The van der Waals surface area contributed by atoms with Gasteiger partial charge in [0.25, 0.3) is 22.9 Å². The highest BCUT2D eigenvalue weighted by Gasteiger charge is 2.31. The van der Waals surface area contributed by atoms with E-state index < -0.39 is 11.7 Å². The van der Waals surface area contributed by atoms with Crippen LogP contribution >= 0.6 is 0 Å². The van der Waals surface area contributed by atoms with E-state index in [0.29, 0.717) is 106 Å². The van der Waals surface area contributed by atoms with Crippen molar-refractivity contribution in [1.29, 1.82) is 0 Å². The summed E-state index contributed by atoms with van der Waals surface area (Å²) < 4.78 is 16.6. The highest BCUT2D eigenvalue weighted by molar-refractivity contribution is 6.03. The quantitative estimate of drug-likeness (QED) is 0.134. The van der Waals surface area contributed by atoms with Gasteiger partial charge in [-0.3, -0.25) is 38.6 Å². The van der Waals surface area contributed by atoms with Crippen molar-refractivity contribution < 1.29 is 23.6 Å². The number of aromatic nitrogens is 4. The van der Waals surface area contributed by atoms with Crippen molar-refractivity contribution in [2.75, 3.05) is 90.4 Å². The summed E-state index contributed by atoms with van der Waals surface area (Å²) in [5.41, 5.74) is 5.03. The lowest BCUT2D eigenvalue weighted by Gasteiger charge is -2.39. The summed E-state index contributed by atoms with van der Waals surface area (Å²) in [7, 11) is 1.68. The van der Waals surface area contributed by atoms with Crippen molar-refractivity contribution >= 4 is 40.1 Å². The van der Waals surface area contributed by atoms with Gasteiger partial charge in [-0.25, -0.2) is 14.5 Å². The van der Waals surface area contributed by atoms with Gasteiger partial charge in [0, 0.05) is 108 Å². The Labute approximate surface area is 423 Å². The summed E-state index contributed by atoms with van der Waals surface area (Å²) in [6.07, 6.45) is 6.44. The molecule has 73 heavy (non-hydrogen) atoms. The summed E-state index contributed by atoms with van der Waals surface area (Å²) in [6.45, 7) is 8.99. The molecule has 0 spiro atoms. The average Bonchev–Trinajstić information content (AvgIpc) is 3.41. The Kier molecular flexibility index (Phi) is 15.9. The number of nitrogens with one attached hydrogen (secondary N) is 3. The van der Waals surface area contributed by atoms with Gasteiger partial charge in [0.05, 0.1) is 35.4 Å². The first-order valence-electron chi connectivity index (χ1n) is 25.2. The van der Waals surface area contributed by atoms with E-state index in [9.17, 15) is 28.8 Å². The molecule has 0 radical (unpaired) electrons.